The predicted octanol–water partition coefficient (Wildman–Crippen LogP) is 3.16. The molecule has 164 valence electrons. The third kappa shape index (κ3) is 4.83. The average molecular weight is 434 g/mol. The molecule has 7 heteroatoms. The summed E-state index contributed by atoms with van der Waals surface area (Å²) in [7, 11) is 0. The molecule has 2 amide bonds. The first-order valence-corrected chi connectivity index (χ1v) is 12.4. The lowest BCUT2D eigenvalue weighted by atomic mass is 9.92. The maximum Gasteiger partial charge on any atom is 0.253 e. The molecule has 0 radical (unpaired) electrons. The van der Waals surface area contributed by atoms with Gasteiger partial charge >= 0.3 is 0 Å². The van der Waals surface area contributed by atoms with E-state index in [1.807, 2.05) is 11.8 Å². The second kappa shape index (κ2) is 9.69. The van der Waals surface area contributed by atoms with Gasteiger partial charge in [0.15, 0.2) is 0 Å². The highest BCUT2D eigenvalue weighted by Gasteiger charge is 2.40. The van der Waals surface area contributed by atoms with Crippen molar-refractivity contribution in [1.82, 2.24) is 15.1 Å². The topological polar surface area (TPSA) is 52.7 Å². The van der Waals surface area contributed by atoms with Crippen molar-refractivity contribution in [2.75, 3.05) is 44.2 Å². The second-order valence-electron chi connectivity index (χ2n) is 8.82. The summed E-state index contributed by atoms with van der Waals surface area (Å²) in [6, 6.07) is 5.67. The van der Waals surface area contributed by atoms with Crippen molar-refractivity contribution in [1.29, 1.82) is 0 Å². The summed E-state index contributed by atoms with van der Waals surface area (Å²) in [5.41, 5.74) is 0.651. The number of rotatable bonds is 5. The number of nitrogens with one attached hydrogen (secondary N) is 1. The monoisotopic (exact) mass is 433 g/mol. The van der Waals surface area contributed by atoms with E-state index in [2.05, 4.69) is 10.2 Å². The van der Waals surface area contributed by atoms with Crippen LogP contribution >= 0.6 is 11.8 Å². The molecule has 0 atom stereocenters. The Balaban J connectivity index is 1.28. The van der Waals surface area contributed by atoms with Gasteiger partial charge in [-0.3, -0.25) is 14.5 Å². The Hall–Kier alpha value is -1.60. The van der Waals surface area contributed by atoms with Crippen LogP contribution in [-0.2, 0) is 4.79 Å². The molecule has 0 bridgehead atoms. The number of likely N-dealkylation sites (tertiary alicyclic amines) is 1. The summed E-state index contributed by atoms with van der Waals surface area (Å²) in [5.74, 6) is 2.07. The first-order valence-electron chi connectivity index (χ1n) is 11.2. The predicted molar refractivity (Wildman–Crippen MR) is 118 cm³/mol. The highest BCUT2D eigenvalue weighted by atomic mass is 32.2. The van der Waals surface area contributed by atoms with Gasteiger partial charge in [0.05, 0.1) is 0 Å². The van der Waals surface area contributed by atoms with E-state index in [9.17, 15) is 14.0 Å². The molecule has 2 aliphatic heterocycles. The molecule has 1 aliphatic carbocycles. The van der Waals surface area contributed by atoms with Crippen molar-refractivity contribution in [3.8, 4) is 0 Å². The number of thioether (sulfide) groups is 1. The number of hydrogen-bond acceptors (Lipinski definition) is 4. The fraction of sp³-hybridized carbons (Fsp3) is 0.652. The summed E-state index contributed by atoms with van der Waals surface area (Å²) in [5, 5.41) is 3.28. The van der Waals surface area contributed by atoms with Gasteiger partial charge in [-0.15, -0.1) is 0 Å². The zero-order valence-electron chi connectivity index (χ0n) is 17.6. The maximum atomic E-state index is 13.1. The van der Waals surface area contributed by atoms with E-state index in [1.165, 1.54) is 61.5 Å². The normalized spacial score (nSPS) is 22.8. The van der Waals surface area contributed by atoms with Crippen LogP contribution in [0.3, 0.4) is 0 Å². The summed E-state index contributed by atoms with van der Waals surface area (Å²) >= 11 is 2.03. The van der Waals surface area contributed by atoms with E-state index >= 15 is 0 Å². The second-order valence-corrected chi connectivity index (χ2v) is 10.0. The summed E-state index contributed by atoms with van der Waals surface area (Å²) < 4.78 is 13.1. The van der Waals surface area contributed by atoms with E-state index in [0.29, 0.717) is 31.5 Å². The van der Waals surface area contributed by atoms with Gasteiger partial charge in [-0.25, -0.2) is 4.39 Å². The minimum absolute atomic E-state index is 0.0300. The molecular formula is C23H32FN3O2S. The number of carbonyl (C=O) groups excluding carboxylic acids is 2. The Morgan fingerprint density at radius 2 is 1.67 bits per heavy atom. The van der Waals surface area contributed by atoms with Crippen molar-refractivity contribution in [2.24, 2.45) is 5.92 Å². The van der Waals surface area contributed by atoms with Crippen molar-refractivity contribution >= 4 is 23.6 Å². The van der Waals surface area contributed by atoms with Gasteiger partial charge in [0.1, 0.15) is 5.82 Å². The van der Waals surface area contributed by atoms with Crippen molar-refractivity contribution < 1.29 is 14.0 Å². The molecule has 0 aromatic heterocycles. The molecule has 1 aromatic rings. The van der Waals surface area contributed by atoms with Gasteiger partial charge in [-0.2, -0.15) is 11.8 Å². The zero-order valence-corrected chi connectivity index (χ0v) is 18.4. The number of nitrogens with zero attached hydrogens (tertiary/aromatic N) is 2. The van der Waals surface area contributed by atoms with Crippen LogP contribution in [0.2, 0.25) is 0 Å². The molecule has 2 heterocycles. The van der Waals surface area contributed by atoms with Crippen LogP contribution in [0.25, 0.3) is 0 Å². The standard InChI is InChI=1S/C23H32FN3O2S/c24-20-5-3-19(4-6-20)22(29)26-11-7-18(8-12-26)21(28)25-17-23(9-1-2-10-23)27-13-15-30-16-14-27/h3-6,18H,1-2,7-17H2,(H,25,28). The lowest BCUT2D eigenvalue weighted by Crippen LogP contribution is -2.57. The van der Waals surface area contributed by atoms with Gasteiger partial charge in [0, 0.05) is 61.2 Å². The molecule has 3 aliphatic rings. The van der Waals surface area contributed by atoms with Gasteiger partial charge in [0.25, 0.3) is 5.91 Å². The molecule has 5 nitrogen and oxygen atoms in total. The summed E-state index contributed by atoms with van der Waals surface area (Å²) in [4.78, 5) is 29.9. The molecule has 0 spiro atoms. The Morgan fingerprint density at radius 1 is 1.03 bits per heavy atom. The summed E-state index contributed by atoms with van der Waals surface area (Å²) in [6.07, 6.45) is 6.25. The Kier molecular flexibility index (Phi) is 6.98. The van der Waals surface area contributed by atoms with Gasteiger partial charge < -0.3 is 10.2 Å². The minimum Gasteiger partial charge on any atom is -0.354 e. The van der Waals surface area contributed by atoms with Crippen molar-refractivity contribution in [3.63, 3.8) is 0 Å². The lowest BCUT2D eigenvalue weighted by molar-refractivity contribution is -0.127. The zero-order chi connectivity index (χ0) is 21.0. The summed E-state index contributed by atoms with van der Waals surface area (Å²) in [6.45, 7) is 4.16. The molecule has 1 saturated carbocycles. The molecule has 0 unspecified atom stereocenters. The fourth-order valence-corrected chi connectivity index (χ4v) is 6.09. The van der Waals surface area contributed by atoms with E-state index in [4.69, 9.17) is 0 Å². The number of hydrogen-bond donors (Lipinski definition) is 1. The third-order valence-electron chi connectivity index (χ3n) is 7.05. The minimum atomic E-state index is -0.342. The highest BCUT2D eigenvalue weighted by molar-refractivity contribution is 7.99. The quantitative estimate of drug-likeness (QED) is 0.775. The van der Waals surface area contributed by atoms with Crippen molar-refractivity contribution in [2.45, 2.75) is 44.1 Å². The number of halogens is 1. The van der Waals surface area contributed by atoms with Crippen LogP contribution in [0.1, 0.15) is 48.9 Å². The number of benzene rings is 1. The molecular weight excluding hydrogens is 401 g/mol. The smallest absolute Gasteiger partial charge is 0.253 e. The van der Waals surface area contributed by atoms with Crippen LogP contribution in [0.15, 0.2) is 24.3 Å². The average Bonchev–Trinajstić information content (AvgIpc) is 3.28. The Morgan fingerprint density at radius 3 is 2.30 bits per heavy atom. The van der Waals surface area contributed by atoms with Gasteiger partial charge in [-0.05, 0) is 49.9 Å². The number of amides is 2. The largest absolute Gasteiger partial charge is 0.354 e. The maximum absolute atomic E-state index is 13.1. The van der Waals surface area contributed by atoms with Crippen LogP contribution < -0.4 is 5.32 Å². The molecule has 1 aromatic carbocycles. The molecule has 30 heavy (non-hydrogen) atoms. The molecule has 3 fully saturated rings. The SMILES string of the molecule is O=C(NCC1(N2CCSCC2)CCCC1)C1CCN(C(=O)c2ccc(F)cc2)CC1. The van der Waals surface area contributed by atoms with Crippen LogP contribution in [0.5, 0.6) is 0 Å². The van der Waals surface area contributed by atoms with Gasteiger partial charge in [-0.1, -0.05) is 12.8 Å². The first kappa shape index (κ1) is 21.6. The van der Waals surface area contributed by atoms with Crippen LogP contribution in [0.4, 0.5) is 4.39 Å². The molecule has 2 saturated heterocycles. The first-order chi connectivity index (χ1) is 14.6. The Labute approximate surface area is 182 Å². The molecule has 1 N–H and O–H groups in total. The van der Waals surface area contributed by atoms with Crippen molar-refractivity contribution in [3.05, 3.63) is 35.6 Å². The fourth-order valence-electron chi connectivity index (χ4n) is 5.19. The number of carbonyl (C=O) groups is 2. The number of piperidine rings is 1. The van der Waals surface area contributed by atoms with Gasteiger partial charge in [0.2, 0.25) is 5.91 Å². The van der Waals surface area contributed by atoms with E-state index in [0.717, 1.165) is 19.6 Å². The van der Waals surface area contributed by atoms with Crippen LogP contribution in [0, 0.1) is 11.7 Å². The van der Waals surface area contributed by atoms with E-state index in [-0.39, 0.29) is 29.1 Å². The highest BCUT2D eigenvalue weighted by Crippen LogP contribution is 2.36. The van der Waals surface area contributed by atoms with Crippen LogP contribution in [-0.4, -0.2) is 71.4 Å². The van der Waals surface area contributed by atoms with E-state index < -0.39 is 0 Å². The lowest BCUT2D eigenvalue weighted by Gasteiger charge is -2.44. The third-order valence-corrected chi connectivity index (χ3v) is 7.99. The molecule has 4 rings (SSSR count). The Bertz CT molecular complexity index is 737. The van der Waals surface area contributed by atoms with E-state index in [1.54, 1.807) is 4.90 Å².